The fraction of sp³-hybridized carbons (Fsp3) is 0.538. The fourth-order valence-electron chi connectivity index (χ4n) is 1.65. The number of carbonyl (C=O) groups excluding carboxylic acids is 1. The second kappa shape index (κ2) is 6.26. The lowest BCUT2D eigenvalue weighted by Crippen LogP contribution is -2.36. The first-order chi connectivity index (χ1) is 7.63. The number of amides is 1. The second-order valence-corrected chi connectivity index (χ2v) is 4.13. The Bertz CT molecular complexity index is 329. The molecule has 1 saturated heterocycles. The van der Waals surface area contributed by atoms with Crippen LogP contribution in [0.1, 0.15) is 33.1 Å². The van der Waals surface area contributed by atoms with Crippen molar-refractivity contribution in [3.05, 3.63) is 23.9 Å². The summed E-state index contributed by atoms with van der Waals surface area (Å²) < 4.78 is 0. The van der Waals surface area contributed by atoms with E-state index in [4.69, 9.17) is 0 Å². The Kier molecular flexibility index (Phi) is 4.96. The molecule has 0 atom stereocenters. The maximum Gasteiger partial charge on any atom is 0.222 e. The summed E-state index contributed by atoms with van der Waals surface area (Å²) in [5, 5.41) is 0. The van der Waals surface area contributed by atoms with Gasteiger partial charge in [-0.15, -0.1) is 0 Å². The summed E-state index contributed by atoms with van der Waals surface area (Å²) in [6.45, 7) is 9.09. The molecule has 16 heavy (non-hydrogen) atoms. The van der Waals surface area contributed by atoms with Crippen LogP contribution in [0, 0.1) is 0 Å². The molecule has 0 aromatic heterocycles. The molecule has 0 aromatic rings. The lowest BCUT2D eigenvalue weighted by atomic mass is 10.1. The summed E-state index contributed by atoms with van der Waals surface area (Å²) in [5.74, 6) is 0.259. The number of hydrogen-bond acceptors (Lipinski definition) is 2. The summed E-state index contributed by atoms with van der Waals surface area (Å²) in [6.07, 6.45) is 6.62. The molecule has 1 fully saturated rings. The second-order valence-electron chi connectivity index (χ2n) is 4.13. The Hall–Kier alpha value is -1.38. The molecule has 0 N–H and O–H groups in total. The molecule has 1 amide bonds. The van der Waals surface area contributed by atoms with Gasteiger partial charge in [-0.05, 0) is 32.3 Å². The highest BCUT2D eigenvalue weighted by Crippen LogP contribution is 2.11. The van der Waals surface area contributed by atoms with Crippen LogP contribution in [0.15, 0.2) is 28.9 Å². The van der Waals surface area contributed by atoms with Crippen LogP contribution in [-0.4, -0.2) is 30.1 Å². The molecule has 88 valence electrons. The largest absolute Gasteiger partial charge is 0.338 e. The van der Waals surface area contributed by atoms with Crippen molar-refractivity contribution in [1.29, 1.82) is 0 Å². The van der Waals surface area contributed by atoms with Gasteiger partial charge in [-0.25, -0.2) is 0 Å². The molecule has 0 unspecified atom stereocenters. The van der Waals surface area contributed by atoms with E-state index in [9.17, 15) is 4.79 Å². The van der Waals surface area contributed by atoms with Crippen LogP contribution in [0.2, 0.25) is 0 Å². The quantitative estimate of drug-likeness (QED) is 0.670. The van der Waals surface area contributed by atoms with Gasteiger partial charge in [0, 0.05) is 31.4 Å². The van der Waals surface area contributed by atoms with Crippen LogP contribution in [-0.2, 0) is 4.79 Å². The highest BCUT2D eigenvalue weighted by Gasteiger charge is 2.17. The molecule has 0 aliphatic carbocycles. The molecule has 0 radical (unpaired) electrons. The smallest absolute Gasteiger partial charge is 0.222 e. The van der Waals surface area contributed by atoms with Gasteiger partial charge in [0.25, 0.3) is 0 Å². The Balaban J connectivity index is 2.56. The molecule has 1 aliphatic heterocycles. The molecular weight excluding hydrogens is 200 g/mol. The lowest BCUT2D eigenvalue weighted by Gasteiger charge is -2.26. The minimum absolute atomic E-state index is 0.259. The van der Waals surface area contributed by atoms with Crippen molar-refractivity contribution in [3.8, 4) is 0 Å². The van der Waals surface area contributed by atoms with E-state index in [0.717, 1.165) is 30.7 Å². The molecular formula is C13H20N2O. The van der Waals surface area contributed by atoms with Crippen LogP contribution in [0.25, 0.3) is 0 Å². The van der Waals surface area contributed by atoms with Crippen LogP contribution in [0.3, 0.4) is 0 Å². The number of allylic oxidation sites excluding steroid dienone is 2. The van der Waals surface area contributed by atoms with Crippen LogP contribution < -0.4 is 0 Å². The number of nitrogens with zero attached hydrogens (tertiary/aromatic N) is 2. The molecule has 3 heteroatoms. The Morgan fingerprint density at radius 1 is 1.56 bits per heavy atom. The molecule has 1 rings (SSSR count). The topological polar surface area (TPSA) is 32.7 Å². The Morgan fingerprint density at radius 2 is 2.31 bits per heavy atom. The monoisotopic (exact) mass is 220 g/mol. The van der Waals surface area contributed by atoms with Crippen molar-refractivity contribution in [2.75, 3.05) is 13.1 Å². The van der Waals surface area contributed by atoms with E-state index >= 15 is 0 Å². The van der Waals surface area contributed by atoms with Gasteiger partial charge in [0.05, 0.1) is 0 Å². The number of rotatable bonds is 4. The van der Waals surface area contributed by atoms with Crippen molar-refractivity contribution in [3.63, 3.8) is 0 Å². The third kappa shape index (κ3) is 4.01. The van der Waals surface area contributed by atoms with Crippen LogP contribution in [0.5, 0.6) is 0 Å². The highest BCUT2D eigenvalue weighted by atomic mass is 16.2. The van der Waals surface area contributed by atoms with E-state index < -0.39 is 0 Å². The zero-order valence-corrected chi connectivity index (χ0v) is 10.2. The van der Waals surface area contributed by atoms with Crippen molar-refractivity contribution >= 4 is 12.1 Å². The van der Waals surface area contributed by atoms with Gasteiger partial charge >= 0.3 is 0 Å². The fourth-order valence-corrected chi connectivity index (χ4v) is 1.65. The van der Waals surface area contributed by atoms with E-state index in [1.54, 1.807) is 6.21 Å². The lowest BCUT2D eigenvalue weighted by molar-refractivity contribution is -0.132. The first kappa shape index (κ1) is 12.7. The number of piperidine rings is 1. The van der Waals surface area contributed by atoms with Gasteiger partial charge in [0.2, 0.25) is 5.91 Å². The number of carbonyl (C=O) groups is 1. The number of hydrogen-bond donors (Lipinski definition) is 0. The van der Waals surface area contributed by atoms with E-state index in [0.29, 0.717) is 13.0 Å². The summed E-state index contributed by atoms with van der Waals surface area (Å²) in [6, 6.07) is 0. The molecule has 0 saturated carbocycles. The van der Waals surface area contributed by atoms with Crippen molar-refractivity contribution in [2.24, 2.45) is 4.99 Å². The minimum atomic E-state index is 0.259. The predicted molar refractivity (Wildman–Crippen MR) is 67.5 cm³/mol. The van der Waals surface area contributed by atoms with Crippen LogP contribution >= 0.6 is 0 Å². The van der Waals surface area contributed by atoms with E-state index in [-0.39, 0.29) is 5.91 Å². The van der Waals surface area contributed by atoms with Gasteiger partial charge in [0.15, 0.2) is 0 Å². The minimum Gasteiger partial charge on any atom is -0.338 e. The van der Waals surface area contributed by atoms with E-state index in [1.807, 2.05) is 24.8 Å². The SMILES string of the molecule is C=C(C)/N=C\C(=C/C)CN1CCCCC1=O. The Morgan fingerprint density at radius 3 is 2.88 bits per heavy atom. The number of likely N-dealkylation sites (tertiary alicyclic amines) is 1. The standard InChI is InChI=1S/C13H20N2O/c1-4-12(9-14-11(2)3)10-15-8-6-5-7-13(15)16/h4,9H,2,5-8,10H2,1,3H3/b12-4+,14-9-. The average molecular weight is 220 g/mol. The summed E-state index contributed by atoms with van der Waals surface area (Å²) >= 11 is 0. The van der Waals surface area contributed by atoms with Gasteiger partial charge in [-0.1, -0.05) is 12.7 Å². The predicted octanol–water partition coefficient (Wildman–Crippen LogP) is 2.55. The molecule has 0 bridgehead atoms. The molecule has 1 aliphatic rings. The summed E-state index contributed by atoms with van der Waals surface area (Å²) in [4.78, 5) is 17.7. The normalized spacial score (nSPS) is 18.2. The van der Waals surface area contributed by atoms with Crippen molar-refractivity contribution in [1.82, 2.24) is 4.90 Å². The third-order valence-electron chi connectivity index (χ3n) is 2.62. The zero-order chi connectivity index (χ0) is 12.0. The van der Waals surface area contributed by atoms with Gasteiger partial charge in [0.1, 0.15) is 0 Å². The molecule has 3 nitrogen and oxygen atoms in total. The average Bonchev–Trinajstić information content (AvgIpc) is 2.26. The maximum atomic E-state index is 11.6. The third-order valence-corrected chi connectivity index (χ3v) is 2.62. The molecule has 1 heterocycles. The van der Waals surface area contributed by atoms with Gasteiger partial charge in [-0.3, -0.25) is 9.79 Å². The number of aliphatic imine (C=N–C) groups is 1. The summed E-state index contributed by atoms with van der Waals surface area (Å²) in [7, 11) is 0. The molecule has 0 spiro atoms. The van der Waals surface area contributed by atoms with E-state index in [1.165, 1.54) is 0 Å². The molecule has 0 aromatic carbocycles. The van der Waals surface area contributed by atoms with Gasteiger partial charge < -0.3 is 4.90 Å². The maximum absolute atomic E-state index is 11.6. The first-order valence-corrected chi connectivity index (χ1v) is 5.76. The van der Waals surface area contributed by atoms with Crippen molar-refractivity contribution in [2.45, 2.75) is 33.1 Å². The van der Waals surface area contributed by atoms with Crippen LogP contribution in [0.4, 0.5) is 0 Å². The van der Waals surface area contributed by atoms with Gasteiger partial charge in [-0.2, -0.15) is 0 Å². The Labute approximate surface area is 97.6 Å². The zero-order valence-electron chi connectivity index (χ0n) is 10.2. The van der Waals surface area contributed by atoms with Crippen molar-refractivity contribution < 1.29 is 4.79 Å². The summed E-state index contributed by atoms with van der Waals surface area (Å²) in [5.41, 5.74) is 1.85. The highest BCUT2D eigenvalue weighted by molar-refractivity contribution is 5.83. The first-order valence-electron chi connectivity index (χ1n) is 5.76. The van der Waals surface area contributed by atoms with E-state index in [2.05, 4.69) is 11.6 Å².